The summed E-state index contributed by atoms with van der Waals surface area (Å²) in [6.45, 7) is 3.41. The number of phosphoric acid groups is 1. The van der Waals surface area contributed by atoms with Gasteiger partial charge in [0.25, 0.3) is 0 Å². The zero-order chi connectivity index (χ0) is 36.1. The van der Waals surface area contributed by atoms with E-state index in [1.54, 1.807) is 0 Å². The van der Waals surface area contributed by atoms with E-state index in [-0.39, 0.29) is 32.1 Å². The van der Waals surface area contributed by atoms with Gasteiger partial charge in [-0.2, -0.15) is 0 Å². The summed E-state index contributed by atoms with van der Waals surface area (Å²) in [5.41, 5.74) is 0. The fraction of sp³-hybridized carbons (Fsp3) is 0.795. The molecule has 0 saturated heterocycles. The molecule has 0 aromatic rings. The molecule has 10 heteroatoms. The highest BCUT2D eigenvalue weighted by Gasteiger charge is 2.23. The van der Waals surface area contributed by atoms with Crippen molar-refractivity contribution in [1.82, 2.24) is 5.32 Å². The number of aliphatic hydroxyl groups is 1. The lowest BCUT2D eigenvalue weighted by molar-refractivity contribution is -0.147. The third-order valence-corrected chi connectivity index (χ3v) is 9.07. The number of esters is 1. The maximum absolute atomic E-state index is 12.0. The van der Waals surface area contributed by atoms with E-state index >= 15 is 0 Å². The van der Waals surface area contributed by atoms with Crippen LogP contribution in [0.3, 0.4) is 0 Å². The summed E-state index contributed by atoms with van der Waals surface area (Å²) in [7, 11) is -4.41. The number of hydrogen-bond acceptors (Lipinski definition) is 7. The molecule has 0 aromatic carbocycles. The number of unbranched alkanes of at least 4 members (excludes halogenated alkanes) is 17. The molecular formula is C39H72NO8P. The minimum Gasteiger partial charge on any atom is -0.463 e. The Morgan fingerprint density at radius 3 is 1.76 bits per heavy atom. The SMILES string of the molecule is CC/C=C\C/C=C\C/C=C\CCCCCCCC(=O)OCC(O)COP(=O)(O)OCCNC(=O)CCCCCCCCCCCCCCC. The van der Waals surface area contributed by atoms with Gasteiger partial charge in [0.15, 0.2) is 0 Å². The van der Waals surface area contributed by atoms with Gasteiger partial charge in [-0.25, -0.2) is 4.57 Å². The monoisotopic (exact) mass is 713 g/mol. The Labute approximate surface area is 299 Å². The van der Waals surface area contributed by atoms with Gasteiger partial charge in [-0.3, -0.25) is 18.6 Å². The topological polar surface area (TPSA) is 131 Å². The van der Waals surface area contributed by atoms with E-state index in [4.69, 9.17) is 13.8 Å². The van der Waals surface area contributed by atoms with Crippen LogP contribution in [0.15, 0.2) is 36.5 Å². The molecule has 0 aromatic heterocycles. The molecule has 0 bridgehead atoms. The molecule has 2 unspecified atom stereocenters. The predicted molar refractivity (Wildman–Crippen MR) is 201 cm³/mol. The van der Waals surface area contributed by atoms with Crippen LogP contribution in [0.4, 0.5) is 0 Å². The number of phosphoric ester groups is 1. The van der Waals surface area contributed by atoms with E-state index in [0.717, 1.165) is 70.6 Å². The Morgan fingerprint density at radius 2 is 1.16 bits per heavy atom. The second-order valence-corrected chi connectivity index (χ2v) is 14.3. The molecule has 0 rings (SSSR count). The lowest BCUT2D eigenvalue weighted by Gasteiger charge is -2.15. The van der Waals surface area contributed by atoms with Crippen LogP contribution >= 0.6 is 7.82 Å². The average molecular weight is 714 g/mol. The van der Waals surface area contributed by atoms with Crippen molar-refractivity contribution >= 4 is 19.7 Å². The Morgan fingerprint density at radius 1 is 0.653 bits per heavy atom. The highest BCUT2D eigenvalue weighted by atomic mass is 31.2. The van der Waals surface area contributed by atoms with Crippen LogP contribution in [-0.4, -0.2) is 54.3 Å². The van der Waals surface area contributed by atoms with E-state index < -0.39 is 26.5 Å². The minimum atomic E-state index is -4.41. The molecule has 0 aliphatic rings. The summed E-state index contributed by atoms with van der Waals surface area (Å²) in [5, 5.41) is 12.6. The molecule has 1 amide bonds. The van der Waals surface area contributed by atoms with Gasteiger partial charge in [-0.15, -0.1) is 0 Å². The fourth-order valence-corrected chi connectivity index (χ4v) is 5.92. The molecule has 3 N–H and O–H groups in total. The highest BCUT2D eigenvalue weighted by Crippen LogP contribution is 2.42. The summed E-state index contributed by atoms with van der Waals surface area (Å²) in [6, 6.07) is 0. The van der Waals surface area contributed by atoms with Crippen molar-refractivity contribution in [3.63, 3.8) is 0 Å². The Bertz CT molecular complexity index is 907. The quantitative estimate of drug-likeness (QED) is 0.0253. The van der Waals surface area contributed by atoms with E-state index in [1.165, 1.54) is 64.2 Å². The number of aliphatic hydroxyl groups excluding tert-OH is 1. The lowest BCUT2D eigenvalue weighted by Crippen LogP contribution is -2.27. The summed E-state index contributed by atoms with van der Waals surface area (Å²) in [5.74, 6) is -0.533. The van der Waals surface area contributed by atoms with Crippen LogP contribution in [0, 0.1) is 0 Å². The Balaban J connectivity index is 3.64. The van der Waals surface area contributed by atoms with E-state index in [2.05, 4.69) is 55.6 Å². The van der Waals surface area contributed by atoms with Crippen molar-refractivity contribution in [3.05, 3.63) is 36.5 Å². The minimum absolute atomic E-state index is 0.0812. The first-order valence-electron chi connectivity index (χ1n) is 19.5. The second-order valence-electron chi connectivity index (χ2n) is 12.9. The van der Waals surface area contributed by atoms with Gasteiger partial charge >= 0.3 is 13.8 Å². The molecule has 9 nitrogen and oxygen atoms in total. The average Bonchev–Trinajstić information content (AvgIpc) is 3.08. The molecule has 0 radical (unpaired) electrons. The predicted octanol–water partition coefficient (Wildman–Crippen LogP) is 10.2. The fourth-order valence-electron chi connectivity index (χ4n) is 5.16. The standard InChI is InChI=1S/C39H72NO8P/c1-3-5-7-9-11-13-15-17-18-20-22-24-26-28-30-32-39(43)46-35-37(41)36-48-49(44,45)47-34-33-40-38(42)31-29-27-25-23-21-19-16-14-12-10-8-6-4-2/h5,7,11,13,17-18,37,41H,3-4,6,8-10,12,14-16,19-36H2,1-2H3,(H,40,42)(H,44,45)/b7-5-,13-11-,18-17-. The smallest absolute Gasteiger partial charge is 0.463 e. The van der Waals surface area contributed by atoms with Crippen LogP contribution in [0.5, 0.6) is 0 Å². The normalized spacial score (nSPS) is 13.8. The molecule has 286 valence electrons. The van der Waals surface area contributed by atoms with Crippen molar-refractivity contribution in [1.29, 1.82) is 0 Å². The molecule has 0 fully saturated rings. The van der Waals surface area contributed by atoms with Crippen molar-refractivity contribution in [3.8, 4) is 0 Å². The molecule has 0 aliphatic carbocycles. The van der Waals surface area contributed by atoms with Crippen molar-refractivity contribution in [2.45, 2.75) is 174 Å². The van der Waals surface area contributed by atoms with E-state index in [1.807, 2.05) is 0 Å². The van der Waals surface area contributed by atoms with E-state index in [9.17, 15) is 24.2 Å². The van der Waals surface area contributed by atoms with Crippen molar-refractivity contribution in [2.75, 3.05) is 26.4 Å². The van der Waals surface area contributed by atoms with Gasteiger partial charge in [0, 0.05) is 19.4 Å². The maximum atomic E-state index is 12.0. The van der Waals surface area contributed by atoms with Crippen LogP contribution < -0.4 is 5.32 Å². The first kappa shape index (κ1) is 47.2. The van der Waals surface area contributed by atoms with Gasteiger partial charge in [-0.05, 0) is 44.9 Å². The van der Waals surface area contributed by atoms with Crippen LogP contribution in [0.25, 0.3) is 0 Å². The van der Waals surface area contributed by atoms with Gasteiger partial charge in [-0.1, -0.05) is 147 Å². The third-order valence-electron chi connectivity index (χ3n) is 8.08. The third kappa shape index (κ3) is 37.3. The zero-order valence-electron chi connectivity index (χ0n) is 31.1. The second kappa shape index (κ2) is 36.0. The van der Waals surface area contributed by atoms with E-state index in [0.29, 0.717) is 12.8 Å². The highest BCUT2D eigenvalue weighted by molar-refractivity contribution is 7.47. The lowest BCUT2D eigenvalue weighted by atomic mass is 10.0. The van der Waals surface area contributed by atoms with Gasteiger partial charge in [0.2, 0.25) is 5.91 Å². The van der Waals surface area contributed by atoms with Crippen molar-refractivity contribution < 1.29 is 37.9 Å². The Hall–Kier alpha value is -1.77. The van der Waals surface area contributed by atoms with Crippen LogP contribution in [0.1, 0.15) is 168 Å². The number of ether oxygens (including phenoxy) is 1. The number of allylic oxidation sites excluding steroid dienone is 6. The first-order chi connectivity index (χ1) is 23.8. The number of amides is 1. The first-order valence-corrected chi connectivity index (χ1v) is 21.0. The summed E-state index contributed by atoms with van der Waals surface area (Å²) in [6.07, 6.45) is 37.8. The molecular weight excluding hydrogens is 641 g/mol. The maximum Gasteiger partial charge on any atom is 0.472 e. The number of nitrogens with one attached hydrogen (secondary N) is 1. The molecule has 0 aliphatic heterocycles. The molecule has 0 saturated carbocycles. The molecule has 49 heavy (non-hydrogen) atoms. The van der Waals surface area contributed by atoms with Gasteiger partial charge < -0.3 is 20.1 Å². The molecule has 0 heterocycles. The van der Waals surface area contributed by atoms with Gasteiger partial charge in [0.1, 0.15) is 12.7 Å². The van der Waals surface area contributed by atoms with Crippen LogP contribution in [0.2, 0.25) is 0 Å². The number of hydrogen-bond donors (Lipinski definition) is 3. The number of carbonyl (C=O) groups excluding carboxylic acids is 2. The zero-order valence-corrected chi connectivity index (χ0v) is 32.0. The van der Waals surface area contributed by atoms with Crippen LogP contribution in [-0.2, 0) is 27.9 Å². The summed E-state index contributed by atoms with van der Waals surface area (Å²) < 4.78 is 26.8. The van der Waals surface area contributed by atoms with Gasteiger partial charge in [0.05, 0.1) is 13.2 Å². The summed E-state index contributed by atoms with van der Waals surface area (Å²) >= 11 is 0. The van der Waals surface area contributed by atoms with Crippen molar-refractivity contribution in [2.24, 2.45) is 0 Å². The largest absolute Gasteiger partial charge is 0.472 e. The number of carbonyl (C=O) groups is 2. The molecule has 0 spiro atoms. The molecule has 2 atom stereocenters. The number of rotatable bonds is 36. The Kier molecular flexibility index (Phi) is 34.7. The summed E-state index contributed by atoms with van der Waals surface area (Å²) in [4.78, 5) is 33.8.